The lowest BCUT2D eigenvalue weighted by molar-refractivity contribution is -0.870. The zero-order valence-corrected chi connectivity index (χ0v) is 51.6. The molecule has 0 bridgehead atoms. The zero-order valence-electron chi connectivity index (χ0n) is 51.6. The lowest BCUT2D eigenvalue weighted by atomic mass is 10.0. The number of carbonyl (C=O) groups excluding carboxylic acids is 2. The summed E-state index contributed by atoms with van der Waals surface area (Å²) in [5, 5.41) is 9.72. The fourth-order valence-corrected chi connectivity index (χ4v) is 7.75. The Morgan fingerprint density at radius 1 is 0.370 bits per heavy atom. The highest BCUT2D eigenvalue weighted by Gasteiger charge is 2.25. The minimum absolute atomic E-state index is 0.166. The van der Waals surface area contributed by atoms with Gasteiger partial charge in [-0.05, 0) is 122 Å². The third-order valence-electron chi connectivity index (χ3n) is 12.5. The van der Waals surface area contributed by atoms with E-state index in [9.17, 15) is 19.5 Å². The first kappa shape index (κ1) is 75.7. The normalized spacial score (nSPS) is 13.9. The minimum Gasteiger partial charge on any atom is -0.477 e. The molecule has 0 amide bonds. The van der Waals surface area contributed by atoms with Crippen LogP contribution in [0.2, 0.25) is 0 Å². The van der Waals surface area contributed by atoms with Crippen molar-refractivity contribution in [2.75, 3.05) is 47.5 Å². The van der Waals surface area contributed by atoms with E-state index >= 15 is 0 Å². The van der Waals surface area contributed by atoms with Crippen molar-refractivity contribution in [2.45, 2.75) is 219 Å². The van der Waals surface area contributed by atoms with Gasteiger partial charge in [-0.25, -0.2) is 4.79 Å². The second kappa shape index (κ2) is 60.7. The third-order valence-corrected chi connectivity index (χ3v) is 12.5. The molecular weight excluding hydrogens is 1010 g/mol. The van der Waals surface area contributed by atoms with Crippen molar-refractivity contribution in [3.63, 3.8) is 0 Å². The van der Waals surface area contributed by atoms with E-state index in [4.69, 9.17) is 18.9 Å². The number of quaternary nitrogens is 1. The number of ether oxygens (including phenoxy) is 4. The van der Waals surface area contributed by atoms with Crippen LogP contribution in [-0.2, 0) is 33.3 Å². The van der Waals surface area contributed by atoms with Crippen LogP contribution in [0.5, 0.6) is 0 Å². The largest absolute Gasteiger partial charge is 0.477 e. The topological polar surface area (TPSA) is 108 Å². The lowest BCUT2D eigenvalue weighted by Gasteiger charge is -2.25. The van der Waals surface area contributed by atoms with E-state index in [2.05, 4.69) is 184 Å². The summed E-state index contributed by atoms with van der Waals surface area (Å²) in [4.78, 5) is 37.5. The van der Waals surface area contributed by atoms with Crippen LogP contribution in [0.25, 0.3) is 0 Å². The Hall–Kier alpha value is -5.35. The van der Waals surface area contributed by atoms with Crippen molar-refractivity contribution in [2.24, 2.45) is 0 Å². The standard InChI is InChI=1S/C72H113NO8/c1-6-8-10-12-14-16-18-20-22-24-26-28-30-32-34-35-37-39-41-43-45-47-49-51-53-55-57-59-61-63-70(75)81-68(67-80-72(71(76)77)78-65-64-73(3,4)5)66-79-69(74)62-60-58-56-54-52-50-48-46-44-42-40-38-36-33-31-29-27-25-23-21-19-17-15-13-11-9-7-2/h8-11,14-17,20-23,26-29,32-34,36-37,39,43,45,49,51,55,57,68,72H,6-7,12-13,18-19,24-25,30-31,35,38,40-42,44,46-48,50,52-54,56,58-67H2,1-5H3/p+1/b10-8-,11-9-,16-14-,17-15-,22-20-,23-21-,28-26-,29-27-,34-32-,36-33-,39-37-,45-43-,51-49-,57-55-. The van der Waals surface area contributed by atoms with Gasteiger partial charge < -0.3 is 28.5 Å². The maximum absolute atomic E-state index is 12.9. The Balaban J connectivity index is 4.36. The molecule has 2 unspecified atom stereocenters. The molecule has 0 aromatic rings. The molecule has 0 saturated carbocycles. The van der Waals surface area contributed by atoms with Crippen molar-refractivity contribution >= 4 is 17.9 Å². The first-order valence-corrected chi connectivity index (χ1v) is 31.3. The molecule has 0 aliphatic rings. The summed E-state index contributed by atoms with van der Waals surface area (Å²) in [7, 11) is 5.94. The van der Waals surface area contributed by atoms with Crippen LogP contribution in [0.4, 0.5) is 0 Å². The molecule has 0 aromatic carbocycles. The average Bonchev–Trinajstić information content (AvgIpc) is 3.44. The summed E-state index contributed by atoms with van der Waals surface area (Å²) in [5.41, 5.74) is 0. The maximum Gasteiger partial charge on any atom is 0.361 e. The summed E-state index contributed by atoms with van der Waals surface area (Å²) in [5.74, 6) is -2.11. The van der Waals surface area contributed by atoms with Crippen LogP contribution in [0, 0.1) is 0 Å². The second-order valence-electron chi connectivity index (χ2n) is 21.2. The van der Waals surface area contributed by atoms with Gasteiger partial charge in [0, 0.05) is 12.8 Å². The number of aliphatic carboxylic acids is 1. The van der Waals surface area contributed by atoms with Gasteiger partial charge in [0.15, 0.2) is 6.10 Å². The van der Waals surface area contributed by atoms with E-state index in [-0.39, 0.29) is 38.6 Å². The van der Waals surface area contributed by atoms with E-state index in [0.29, 0.717) is 23.9 Å². The molecule has 81 heavy (non-hydrogen) atoms. The molecular formula is C72H114NO8+. The van der Waals surface area contributed by atoms with Gasteiger partial charge in [-0.15, -0.1) is 0 Å². The van der Waals surface area contributed by atoms with E-state index < -0.39 is 24.3 Å². The van der Waals surface area contributed by atoms with Crippen LogP contribution in [0.3, 0.4) is 0 Å². The average molecular weight is 1120 g/mol. The highest BCUT2D eigenvalue weighted by Crippen LogP contribution is 2.14. The number of rotatable bonds is 55. The fourth-order valence-electron chi connectivity index (χ4n) is 7.75. The summed E-state index contributed by atoms with van der Waals surface area (Å²) in [6, 6.07) is 0. The maximum atomic E-state index is 12.9. The number of carboxylic acid groups (broad SMARTS) is 1. The van der Waals surface area contributed by atoms with Crippen LogP contribution >= 0.6 is 0 Å². The first-order chi connectivity index (χ1) is 39.6. The van der Waals surface area contributed by atoms with Gasteiger partial charge in [-0.2, -0.15) is 0 Å². The van der Waals surface area contributed by atoms with E-state index in [1.165, 1.54) is 44.9 Å². The zero-order chi connectivity index (χ0) is 59.1. The molecule has 0 spiro atoms. The fraction of sp³-hybridized carbons (Fsp3) is 0.569. The quantitative estimate of drug-likeness (QED) is 0.0211. The summed E-state index contributed by atoms with van der Waals surface area (Å²) in [6.45, 7) is 4.55. The molecule has 2 atom stereocenters. The molecule has 0 aliphatic heterocycles. The van der Waals surface area contributed by atoms with Crippen LogP contribution < -0.4 is 0 Å². The Morgan fingerprint density at radius 3 is 1.02 bits per heavy atom. The lowest BCUT2D eigenvalue weighted by Crippen LogP contribution is -2.40. The van der Waals surface area contributed by atoms with Crippen molar-refractivity contribution in [1.82, 2.24) is 0 Å². The molecule has 1 N–H and O–H groups in total. The highest BCUT2D eigenvalue weighted by atomic mass is 16.7. The van der Waals surface area contributed by atoms with E-state index in [0.717, 1.165) is 122 Å². The van der Waals surface area contributed by atoms with Crippen LogP contribution in [-0.4, -0.2) is 87.4 Å². The second-order valence-corrected chi connectivity index (χ2v) is 21.2. The third kappa shape index (κ3) is 62.1. The molecule has 454 valence electrons. The number of allylic oxidation sites excluding steroid dienone is 28. The molecule has 0 aromatic heterocycles. The van der Waals surface area contributed by atoms with Crippen LogP contribution in [0.1, 0.15) is 206 Å². The Bertz CT molecular complexity index is 1930. The molecule has 9 nitrogen and oxygen atoms in total. The van der Waals surface area contributed by atoms with E-state index in [1.54, 1.807) is 0 Å². The Kier molecular flexibility index (Phi) is 56.7. The molecule has 0 rings (SSSR count). The van der Waals surface area contributed by atoms with Crippen LogP contribution in [0.15, 0.2) is 170 Å². The molecule has 0 saturated heterocycles. The number of unbranched alkanes of at least 4 members (excludes halogenated alkanes) is 12. The van der Waals surface area contributed by atoms with Gasteiger partial charge in [-0.1, -0.05) is 242 Å². The van der Waals surface area contributed by atoms with Gasteiger partial charge in [0.1, 0.15) is 13.2 Å². The number of likely N-dealkylation sites (N-methyl/N-ethyl adjacent to an activating group) is 1. The first-order valence-electron chi connectivity index (χ1n) is 31.3. The molecule has 0 heterocycles. The smallest absolute Gasteiger partial charge is 0.361 e. The predicted molar refractivity (Wildman–Crippen MR) is 345 cm³/mol. The molecule has 0 fully saturated rings. The van der Waals surface area contributed by atoms with Gasteiger partial charge in [0.25, 0.3) is 6.29 Å². The van der Waals surface area contributed by atoms with Gasteiger partial charge in [-0.3, -0.25) is 9.59 Å². The Labute approximate surface area is 495 Å². The summed E-state index contributed by atoms with van der Waals surface area (Å²) in [6.07, 6.45) is 88.7. The summed E-state index contributed by atoms with van der Waals surface area (Å²) >= 11 is 0. The predicted octanol–water partition coefficient (Wildman–Crippen LogP) is 19.1. The molecule has 9 heteroatoms. The number of nitrogens with zero attached hydrogens (tertiary/aromatic N) is 1. The van der Waals surface area contributed by atoms with Crippen molar-refractivity contribution in [3.8, 4) is 0 Å². The SMILES string of the molecule is CC/C=C\C/C=C\C/C=C\C/C=C\C/C=C\C/C=C\C/C=C\C/C=C\C/C=C\CCCC(=O)OC(COC(=O)CCCCCCCCCCCCC/C=C\C/C=C\C/C=C\C/C=C\C/C=C\CC)COC(OCC[N+](C)(C)C)C(=O)O. The van der Waals surface area contributed by atoms with Gasteiger partial charge in [0.05, 0.1) is 34.4 Å². The van der Waals surface area contributed by atoms with Crippen molar-refractivity contribution in [1.29, 1.82) is 0 Å². The highest BCUT2D eigenvalue weighted by molar-refractivity contribution is 5.71. The van der Waals surface area contributed by atoms with Crippen molar-refractivity contribution in [3.05, 3.63) is 170 Å². The minimum atomic E-state index is -1.54. The number of hydrogen-bond donors (Lipinski definition) is 1. The number of esters is 2. The number of hydrogen-bond acceptors (Lipinski definition) is 7. The molecule has 0 aliphatic carbocycles. The summed E-state index contributed by atoms with van der Waals surface area (Å²) < 4.78 is 22.8. The van der Waals surface area contributed by atoms with Gasteiger partial charge >= 0.3 is 17.9 Å². The number of carbonyl (C=O) groups is 3. The monoisotopic (exact) mass is 1120 g/mol. The van der Waals surface area contributed by atoms with Gasteiger partial charge in [0.2, 0.25) is 0 Å². The Morgan fingerprint density at radius 2 is 0.679 bits per heavy atom. The van der Waals surface area contributed by atoms with Crippen molar-refractivity contribution < 1.29 is 42.9 Å². The van der Waals surface area contributed by atoms with E-state index in [1.807, 2.05) is 21.1 Å². The molecule has 0 radical (unpaired) electrons. The number of carboxylic acids is 1.